The smallest absolute Gasteiger partial charge is 0.150 e. The van der Waals surface area contributed by atoms with E-state index >= 15 is 0 Å². The third-order valence-electron chi connectivity index (χ3n) is 2.04. The third kappa shape index (κ3) is 1.59. The largest absolute Gasteiger partial charge is 0.496 e. The molecule has 2 heteroatoms. The van der Waals surface area contributed by atoms with Gasteiger partial charge in [0.1, 0.15) is 5.75 Å². The van der Waals surface area contributed by atoms with Crippen LogP contribution in [0.3, 0.4) is 0 Å². The van der Waals surface area contributed by atoms with Crippen molar-refractivity contribution in [2.45, 2.75) is 0 Å². The number of carbonyl (C=O) groups excluding carboxylic acids is 1. The van der Waals surface area contributed by atoms with Crippen molar-refractivity contribution in [3.05, 3.63) is 42.0 Å². The van der Waals surface area contributed by atoms with Gasteiger partial charge in [0, 0.05) is 11.1 Å². The minimum Gasteiger partial charge on any atom is -0.496 e. The van der Waals surface area contributed by atoms with E-state index in [9.17, 15) is 4.79 Å². The molecule has 0 aliphatic heterocycles. The number of rotatable bonds is 4. The van der Waals surface area contributed by atoms with E-state index in [2.05, 4.69) is 13.2 Å². The van der Waals surface area contributed by atoms with E-state index in [4.69, 9.17) is 4.74 Å². The Morgan fingerprint density at radius 3 is 2.29 bits per heavy atom. The second kappa shape index (κ2) is 4.42. The molecule has 0 saturated heterocycles. The predicted octanol–water partition coefficient (Wildman–Crippen LogP) is 2.79. The molecule has 0 amide bonds. The van der Waals surface area contributed by atoms with Crippen LogP contribution >= 0.6 is 0 Å². The van der Waals surface area contributed by atoms with Crippen molar-refractivity contribution >= 4 is 18.4 Å². The van der Waals surface area contributed by atoms with Crippen molar-refractivity contribution in [3.63, 3.8) is 0 Å². The van der Waals surface area contributed by atoms with E-state index < -0.39 is 0 Å². The minimum absolute atomic E-state index is 0.593. The van der Waals surface area contributed by atoms with Crippen molar-refractivity contribution < 1.29 is 9.53 Å². The molecule has 0 aliphatic carbocycles. The number of aldehydes is 1. The lowest BCUT2D eigenvalue weighted by molar-refractivity contribution is 0.112. The lowest BCUT2D eigenvalue weighted by atomic mass is 10.0. The molecule has 0 bridgehead atoms. The van der Waals surface area contributed by atoms with E-state index in [1.54, 1.807) is 31.4 Å². The van der Waals surface area contributed by atoms with E-state index in [1.807, 2.05) is 0 Å². The molecule has 2 nitrogen and oxygen atoms in total. The maximum atomic E-state index is 10.7. The zero-order valence-electron chi connectivity index (χ0n) is 8.12. The van der Waals surface area contributed by atoms with Gasteiger partial charge >= 0.3 is 0 Å². The summed E-state index contributed by atoms with van der Waals surface area (Å²) < 4.78 is 5.14. The van der Waals surface area contributed by atoms with Crippen molar-refractivity contribution in [2.24, 2.45) is 0 Å². The quantitative estimate of drug-likeness (QED) is 0.679. The molecule has 0 atom stereocenters. The molecule has 0 heterocycles. The number of methoxy groups -OCH3 is 1. The monoisotopic (exact) mass is 188 g/mol. The highest BCUT2D eigenvalue weighted by Crippen LogP contribution is 2.26. The predicted molar refractivity (Wildman–Crippen MR) is 58.6 cm³/mol. The standard InChI is InChI=1S/C12H12O2/c1-4-10-9(8-13)6-7-12(14-3)11(10)5-2/h4-8H,1-2H2,3H3. The maximum Gasteiger partial charge on any atom is 0.150 e. The Morgan fingerprint density at radius 1 is 1.21 bits per heavy atom. The van der Waals surface area contributed by atoms with Gasteiger partial charge in [-0.15, -0.1) is 0 Å². The normalized spacial score (nSPS) is 9.21. The summed E-state index contributed by atoms with van der Waals surface area (Å²) in [5, 5.41) is 0. The summed E-state index contributed by atoms with van der Waals surface area (Å²) in [7, 11) is 1.58. The Kier molecular flexibility index (Phi) is 3.24. The zero-order valence-corrected chi connectivity index (χ0v) is 8.12. The second-order valence-corrected chi connectivity index (χ2v) is 2.71. The topological polar surface area (TPSA) is 26.3 Å². The molecule has 0 aromatic heterocycles. The van der Waals surface area contributed by atoms with E-state index in [-0.39, 0.29) is 0 Å². The first kappa shape index (κ1) is 10.3. The Labute approximate surface area is 83.5 Å². The summed E-state index contributed by atoms with van der Waals surface area (Å²) in [4.78, 5) is 10.7. The lowest BCUT2D eigenvalue weighted by Crippen LogP contribution is -1.94. The van der Waals surface area contributed by atoms with Gasteiger partial charge < -0.3 is 4.74 Å². The Bertz CT molecular complexity index is 378. The molecule has 1 aromatic carbocycles. The zero-order chi connectivity index (χ0) is 10.6. The summed E-state index contributed by atoms with van der Waals surface area (Å²) in [5.74, 6) is 0.695. The average Bonchev–Trinajstić information content (AvgIpc) is 2.26. The first-order valence-electron chi connectivity index (χ1n) is 4.19. The van der Waals surface area contributed by atoms with Gasteiger partial charge in [-0.3, -0.25) is 4.79 Å². The van der Waals surface area contributed by atoms with Gasteiger partial charge in [-0.25, -0.2) is 0 Å². The fraction of sp³-hybridized carbons (Fsp3) is 0.0833. The summed E-state index contributed by atoms with van der Waals surface area (Å²) in [6, 6.07) is 3.45. The van der Waals surface area contributed by atoms with Crippen molar-refractivity contribution in [1.29, 1.82) is 0 Å². The third-order valence-corrected chi connectivity index (χ3v) is 2.04. The molecule has 0 radical (unpaired) electrons. The Hall–Kier alpha value is -1.83. The van der Waals surface area contributed by atoms with Crippen molar-refractivity contribution in [3.8, 4) is 5.75 Å². The fourth-order valence-electron chi connectivity index (χ4n) is 1.35. The summed E-state index contributed by atoms with van der Waals surface area (Å²) in [6.07, 6.45) is 4.08. The molecular weight excluding hydrogens is 176 g/mol. The average molecular weight is 188 g/mol. The molecule has 0 fully saturated rings. The Balaban J connectivity index is 3.50. The fourth-order valence-corrected chi connectivity index (χ4v) is 1.35. The lowest BCUT2D eigenvalue weighted by Gasteiger charge is -2.09. The highest BCUT2D eigenvalue weighted by Gasteiger charge is 2.07. The first-order valence-corrected chi connectivity index (χ1v) is 4.19. The van der Waals surface area contributed by atoms with Crippen LogP contribution in [0.25, 0.3) is 12.2 Å². The number of ether oxygens (including phenoxy) is 1. The molecule has 72 valence electrons. The molecule has 1 rings (SSSR count). The van der Waals surface area contributed by atoms with Gasteiger partial charge in [-0.05, 0) is 17.7 Å². The summed E-state index contributed by atoms with van der Waals surface area (Å²) in [6.45, 7) is 7.34. The highest BCUT2D eigenvalue weighted by molar-refractivity contribution is 5.86. The van der Waals surface area contributed by atoms with Gasteiger partial charge in [-0.1, -0.05) is 25.3 Å². The van der Waals surface area contributed by atoms with E-state index in [1.165, 1.54) is 0 Å². The van der Waals surface area contributed by atoms with Crippen LogP contribution in [0.1, 0.15) is 21.5 Å². The molecular formula is C12H12O2. The van der Waals surface area contributed by atoms with Crippen LogP contribution in [0.2, 0.25) is 0 Å². The molecule has 1 aromatic rings. The maximum absolute atomic E-state index is 10.7. The molecule has 0 spiro atoms. The van der Waals surface area contributed by atoms with Crippen LogP contribution < -0.4 is 4.74 Å². The number of hydrogen-bond acceptors (Lipinski definition) is 2. The van der Waals surface area contributed by atoms with Crippen LogP contribution in [0.5, 0.6) is 5.75 Å². The molecule has 0 aliphatic rings. The van der Waals surface area contributed by atoms with Gasteiger partial charge in [0.15, 0.2) is 6.29 Å². The molecule has 0 unspecified atom stereocenters. The van der Waals surface area contributed by atoms with E-state index in [0.29, 0.717) is 11.3 Å². The second-order valence-electron chi connectivity index (χ2n) is 2.71. The van der Waals surface area contributed by atoms with Gasteiger partial charge in [0.05, 0.1) is 7.11 Å². The SMILES string of the molecule is C=Cc1c(C=O)ccc(OC)c1C=C. The molecule has 0 N–H and O–H groups in total. The van der Waals surface area contributed by atoms with Gasteiger partial charge in [-0.2, -0.15) is 0 Å². The van der Waals surface area contributed by atoms with E-state index in [0.717, 1.165) is 17.4 Å². The van der Waals surface area contributed by atoms with Crippen LogP contribution in [-0.4, -0.2) is 13.4 Å². The van der Waals surface area contributed by atoms with Crippen LogP contribution in [-0.2, 0) is 0 Å². The van der Waals surface area contributed by atoms with Crippen molar-refractivity contribution in [1.82, 2.24) is 0 Å². The Morgan fingerprint density at radius 2 is 1.86 bits per heavy atom. The minimum atomic E-state index is 0.593. The highest BCUT2D eigenvalue weighted by atomic mass is 16.5. The number of hydrogen-bond donors (Lipinski definition) is 0. The first-order chi connectivity index (χ1) is 6.78. The number of benzene rings is 1. The van der Waals surface area contributed by atoms with Crippen LogP contribution in [0.4, 0.5) is 0 Å². The van der Waals surface area contributed by atoms with Gasteiger partial charge in [0.25, 0.3) is 0 Å². The number of carbonyl (C=O) groups is 1. The van der Waals surface area contributed by atoms with Crippen molar-refractivity contribution in [2.75, 3.05) is 7.11 Å². The molecule has 14 heavy (non-hydrogen) atoms. The van der Waals surface area contributed by atoms with Crippen LogP contribution in [0.15, 0.2) is 25.3 Å². The summed E-state index contributed by atoms with van der Waals surface area (Å²) >= 11 is 0. The van der Waals surface area contributed by atoms with Crippen LogP contribution in [0, 0.1) is 0 Å². The van der Waals surface area contributed by atoms with Gasteiger partial charge in [0.2, 0.25) is 0 Å². The summed E-state index contributed by atoms with van der Waals surface area (Å²) in [5.41, 5.74) is 2.15. The molecule has 0 saturated carbocycles.